The van der Waals surface area contributed by atoms with Crippen molar-refractivity contribution in [1.29, 1.82) is 0 Å². The molecule has 3 heteroatoms. The summed E-state index contributed by atoms with van der Waals surface area (Å²) >= 11 is 0. The molecule has 0 spiro atoms. The molecule has 1 saturated carbocycles. The molecule has 0 atom stereocenters. The summed E-state index contributed by atoms with van der Waals surface area (Å²) in [5, 5.41) is 0. The van der Waals surface area contributed by atoms with Gasteiger partial charge in [0.2, 0.25) is 0 Å². The van der Waals surface area contributed by atoms with E-state index in [2.05, 4.69) is 11.9 Å². The summed E-state index contributed by atoms with van der Waals surface area (Å²) in [6.45, 7) is 2.27. The van der Waals surface area contributed by atoms with Crippen LogP contribution in [0, 0.1) is 5.92 Å². The van der Waals surface area contributed by atoms with Crippen molar-refractivity contribution in [3.63, 3.8) is 0 Å². The lowest BCUT2D eigenvalue weighted by Crippen LogP contribution is -2.24. The van der Waals surface area contributed by atoms with Crippen molar-refractivity contribution in [3.05, 3.63) is 18.3 Å². The van der Waals surface area contributed by atoms with E-state index in [4.69, 9.17) is 10.5 Å². The Morgan fingerprint density at radius 1 is 1.38 bits per heavy atom. The zero-order chi connectivity index (χ0) is 11.4. The van der Waals surface area contributed by atoms with Crippen LogP contribution in [0.15, 0.2) is 18.3 Å². The number of hydrogen-bond donors (Lipinski definition) is 1. The SMILES string of the molecule is CCC1CCC(Oc2cccnc2N)CC1. The van der Waals surface area contributed by atoms with Crippen molar-refractivity contribution in [2.75, 3.05) is 5.73 Å². The van der Waals surface area contributed by atoms with Gasteiger partial charge in [-0.2, -0.15) is 0 Å². The Hall–Kier alpha value is -1.25. The summed E-state index contributed by atoms with van der Waals surface area (Å²) < 4.78 is 5.89. The molecule has 2 N–H and O–H groups in total. The molecule has 0 bridgehead atoms. The van der Waals surface area contributed by atoms with Gasteiger partial charge in [-0.25, -0.2) is 4.98 Å². The molecule has 0 unspecified atom stereocenters. The van der Waals surface area contributed by atoms with Crippen LogP contribution in [0.1, 0.15) is 39.0 Å². The van der Waals surface area contributed by atoms with Gasteiger partial charge in [0.15, 0.2) is 11.6 Å². The van der Waals surface area contributed by atoms with Crippen LogP contribution in [-0.2, 0) is 0 Å². The van der Waals surface area contributed by atoms with E-state index in [1.165, 1.54) is 19.3 Å². The molecule has 0 aromatic carbocycles. The van der Waals surface area contributed by atoms with Gasteiger partial charge in [0.25, 0.3) is 0 Å². The van der Waals surface area contributed by atoms with Crippen molar-refractivity contribution in [2.45, 2.75) is 45.1 Å². The van der Waals surface area contributed by atoms with Crippen LogP contribution in [0.2, 0.25) is 0 Å². The number of nitrogens with two attached hydrogens (primary N) is 1. The monoisotopic (exact) mass is 220 g/mol. The fraction of sp³-hybridized carbons (Fsp3) is 0.615. The number of nitrogens with zero attached hydrogens (tertiary/aromatic N) is 1. The highest BCUT2D eigenvalue weighted by Crippen LogP contribution is 2.30. The second-order valence-electron chi connectivity index (χ2n) is 4.56. The van der Waals surface area contributed by atoms with Crippen molar-refractivity contribution >= 4 is 5.82 Å². The Morgan fingerprint density at radius 2 is 2.12 bits per heavy atom. The van der Waals surface area contributed by atoms with E-state index in [9.17, 15) is 0 Å². The molecule has 1 aromatic heterocycles. The zero-order valence-corrected chi connectivity index (χ0v) is 9.86. The second kappa shape index (κ2) is 5.19. The zero-order valence-electron chi connectivity index (χ0n) is 9.86. The molecular formula is C13H20N2O. The summed E-state index contributed by atoms with van der Waals surface area (Å²) in [4.78, 5) is 4.03. The molecule has 2 rings (SSSR count). The van der Waals surface area contributed by atoms with Crippen LogP contribution in [0.5, 0.6) is 5.75 Å². The van der Waals surface area contributed by atoms with Crippen LogP contribution >= 0.6 is 0 Å². The Labute approximate surface area is 97.0 Å². The third-order valence-corrected chi connectivity index (χ3v) is 3.46. The summed E-state index contributed by atoms with van der Waals surface area (Å²) in [6.07, 6.45) is 8.16. The molecule has 1 heterocycles. The van der Waals surface area contributed by atoms with Crippen LogP contribution in [0.4, 0.5) is 5.82 Å². The van der Waals surface area contributed by atoms with Gasteiger partial charge in [-0.05, 0) is 43.7 Å². The predicted octanol–water partition coefficient (Wildman–Crippen LogP) is 3.01. The van der Waals surface area contributed by atoms with Crippen molar-refractivity contribution in [2.24, 2.45) is 5.92 Å². The number of nitrogen functional groups attached to an aromatic ring is 1. The smallest absolute Gasteiger partial charge is 0.166 e. The fourth-order valence-corrected chi connectivity index (χ4v) is 2.34. The number of pyridine rings is 1. The Balaban J connectivity index is 1.89. The standard InChI is InChI=1S/C13H20N2O/c1-2-10-5-7-11(8-6-10)16-12-4-3-9-15-13(12)14/h3-4,9-11H,2,5-8H2,1H3,(H2,14,15). The number of aromatic nitrogens is 1. The van der Waals surface area contributed by atoms with E-state index in [0.717, 1.165) is 24.5 Å². The average Bonchev–Trinajstić information content (AvgIpc) is 2.33. The van der Waals surface area contributed by atoms with Crippen LogP contribution < -0.4 is 10.5 Å². The largest absolute Gasteiger partial charge is 0.487 e. The summed E-state index contributed by atoms with van der Waals surface area (Å²) in [5.41, 5.74) is 5.76. The van der Waals surface area contributed by atoms with E-state index < -0.39 is 0 Å². The number of ether oxygens (including phenoxy) is 1. The minimum absolute atomic E-state index is 0.328. The Bertz CT molecular complexity index is 332. The quantitative estimate of drug-likeness (QED) is 0.851. The van der Waals surface area contributed by atoms with Gasteiger partial charge < -0.3 is 10.5 Å². The van der Waals surface area contributed by atoms with Gasteiger partial charge in [-0.15, -0.1) is 0 Å². The van der Waals surface area contributed by atoms with Crippen molar-refractivity contribution in [1.82, 2.24) is 4.98 Å². The van der Waals surface area contributed by atoms with Gasteiger partial charge in [0.05, 0.1) is 6.10 Å². The molecule has 1 aliphatic rings. The lowest BCUT2D eigenvalue weighted by atomic mass is 9.86. The number of rotatable bonds is 3. The maximum absolute atomic E-state index is 5.89. The minimum Gasteiger partial charge on any atom is -0.487 e. The van der Waals surface area contributed by atoms with Crippen LogP contribution in [0.25, 0.3) is 0 Å². The van der Waals surface area contributed by atoms with Crippen LogP contribution in [-0.4, -0.2) is 11.1 Å². The average molecular weight is 220 g/mol. The first-order valence-corrected chi connectivity index (χ1v) is 6.16. The molecule has 16 heavy (non-hydrogen) atoms. The normalized spacial score (nSPS) is 25.3. The van der Waals surface area contributed by atoms with E-state index in [-0.39, 0.29) is 0 Å². The summed E-state index contributed by atoms with van der Waals surface area (Å²) in [6, 6.07) is 3.76. The first kappa shape index (κ1) is 11.2. The van der Waals surface area contributed by atoms with Gasteiger partial charge >= 0.3 is 0 Å². The highest BCUT2D eigenvalue weighted by atomic mass is 16.5. The predicted molar refractivity (Wildman–Crippen MR) is 65.3 cm³/mol. The van der Waals surface area contributed by atoms with E-state index in [1.807, 2.05) is 12.1 Å². The van der Waals surface area contributed by atoms with Gasteiger partial charge in [0, 0.05) is 6.20 Å². The molecule has 3 nitrogen and oxygen atoms in total. The van der Waals surface area contributed by atoms with Crippen molar-refractivity contribution < 1.29 is 4.74 Å². The van der Waals surface area contributed by atoms with Crippen molar-refractivity contribution in [3.8, 4) is 5.75 Å². The molecule has 1 aromatic rings. The maximum Gasteiger partial charge on any atom is 0.166 e. The third-order valence-electron chi connectivity index (χ3n) is 3.46. The summed E-state index contributed by atoms with van der Waals surface area (Å²) in [7, 11) is 0. The third kappa shape index (κ3) is 2.65. The van der Waals surface area contributed by atoms with Crippen LogP contribution in [0.3, 0.4) is 0 Å². The molecular weight excluding hydrogens is 200 g/mol. The molecule has 88 valence electrons. The molecule has 0 aliphatic heterocycles. The molecule has 1 aliphatic carbocycles. The first-order valence-electron chi connectivity index (χ1n) is 6.16. The lowest BCUT2D eigenvalue weighted by Gasteiger charge is -2.28. The second-order valence-corrected chi connectivity index (χ2v) is 4.56. The van der Waals surface area contributed by atoms with E-state index in [0.29, 0.717) is 11.9 Å². The Kier molecular flexibility index (Phi) is 3.65. The fourth-order valence-electron chi connectivity index (χ4n) is 2.34. The minimum atomic E-state index is 0.328. The Morgan fingerprint density at radius 3 is 2.75 bits per heavy atom. The van der Waals surface area contributed by atoms with E-state index >= 15 is 0 Å². The highest BCUT2D eigenvalue weighted by molar-refractivity contribution is 5.44. The van der Waals surface area contributed by atoms with Gasteiger partial charge in [-0.3, -0.25) is 0 Å². The maximum atomic E-state index is 5.89. The number of anilines is 1. The molecule has 0 amide bonds. The first-order chi connectivity index (χ1) is 7.79. The van der Waals surface area contributed by atoms with Gasteiger partial charge in [-0.1, -0.05) is 13.3 Å². The molecule has 1 fully saturated rings. The lowest BCUT2D eigenvalue weighted by molar-refractivity contribution is 0.130. The molecule has 0 radical (unpaired) electrons. The van der Waals surface area contributed by atoms with Gasteiger partial charge in [0.1, 0.15) is 0 Å². The molecule has 0 saturated heterocycles. The topological polar surface area (TPSA) is 48.1 Å². The number of hydrogen-bond acceptors (Lipinski definition) is 3. The van der Waals surface area contributed by atoms with E-state index in [1.54, 1.807) is 6.20 Å². The highest BCUT2D eigenvalue weighted by Gasteiger charge is 2.21. The summed E-state index contributed by atoms with van der Waals surface area (Å²) in [5.74, 6) is 2.13.